The number of amides is 3. The molecule has 0 bridgehead atoms. The zero-order valence-corrected chi connectivity index (χ0v) is 12.1. The molecule has 0 saturated heterocycles. The van der Waals surface area contributed by atoms with E-state index in [-0.39, 0.29) is 5.56 Å². The van der Waals surface area contributed by atoms with Crippen molar-refractivity contribution in [1.82, 2.24) is 10.9 Å². The van der Waals surface area contributed by atoms with Gasteiger partial charge in [-0.25, -0.2) is 0 Å². The Balaban J connectivity index is 1.99. The largest absolute Gasteiger partial charge is 0.466 e. The first kappa shape index (κ1) is 15.3. The van der Waals surface area contributed by atoms with Crippen LogP contribution in [-0.2, 0) is 0 Å². The van der Waals surface area contributed by atoms with Crippen molar-refractivity contribution in [2.75, 3.05) is 0 Å². The molecule has 0 spiro atoms. The summed E-state index contributed by atoms with van der Waals surface area (Å²) in [6, 6.07) is 7.33. The fourth-order valence-electron chi connectivity index (χ4n) is 1.90. The normalized spacial score (nSPS) is 10.1. The van der Waals surface area contributed by atoms with Crippen LogP contribution in [0.3, 0.4) is 0 Å². The number of hydrogen-bond acceptors (Lipinski definition) is 4. The van der Waals surface area contributed by atoms with Gasteiger partial charge in [-0.3, -0.25) is 25.2 Å². The van der Waals surface area contributed by atoms with Crippen LogP contribution in [0.15, 0.2) is 34.7 Å². The lowest BCUT2D eigenvalue weighted by Crippen LogP contribution is -2.41. The van der Waals surface area contributed by atoms with E-state index in [4.69, 9.17) is 10.2 Å². The van der Waals surface area contributed by atoms with E-state index in [0.717, 1.165) is 0 Å². The molecule has 7 heteroatoms. The minimum Gasteiger partial charge on any atom is -0.466 e. The predicted octanol–water partition coefficient (Wildman–Crippen LogP) is 1.07. The predicted molar refractivity (Wildman–Crippen MR) is 78.1 cm³/mol. The highest BCUT2D eigenvalue weighted by atomic mass is 16.3. The third-order valence-corrected chi connectivity index (χ3v) is 3.01. The van der Waals surface area contributed by atoms with E-state index in [1.807, 2.05) is 0 Å². The lowest BCUT2D eigenvalue weighted by Gasteiger charge is -2.07. The number of carbonyl (C=O) groups is 3. The number of rotatable bonds is 3. The maximum Gasteiger partial charge on any atom is 0.273 e. The molecule has 2 rings (SSSR count). The smallest absolute Gasteiger partial charge is 0.273 e. The quantitative estimate of drug-likeness (QED) is 0.735. The molecule has 0 aliphatic carbocycles. The van der Waals surface area contributed by atoms with Crippen LogP contribution >= 0.6 is 0 Å². The third-order valence-electron chi connectivity index (χ3n) is 3.01. The summed E-state index contributed by atoms with van der Waals surface area (Å²) in [6.07, 6.45) is 0. The molecular weight excluding hydrogens is 286 g/mol. The minimum absolute atomic E-state index is 0.283. The van der Waals surface area contributed by atoms with E-state index in [0.29, 0.717) is 22.6 Å². The van der Waals surface area contributed by atoms with Crippen LogP contribution in [0.4, 0.5) is 0 Å². The second kappa shape index (κ2) is 6.13. The van der Waals surface area contributed by atoms with Gasteiger partial charge in [0.2, 0.25) is 5.91 Å². The molecule has 0 radical (unpaired) electrons. The highest BCUT2D eigenvalue weighted by Crippen LogP contribution is 2.13. The average molecular weight is 301 g/mol. The van der Waals surface area contributed by atoms with Gasteiger partial charge in [-0.05, 0) is 44.2 Å². The van der Waals surface area contributed by atoms with Crippen molar-refractivity contribution in [3.63, 3.8) is 0 Å². The maximum atomic E-state index is 11.9. The number of benzene rings is 1. The number of nitrogens with one attached hydrogen (secondary N) is 2. The maximum absolute atomic E-state index is 11.9. The van der Waals surface area contributed by atoms with Crippen molar-refractivity contribution in [1.29, 1.82) is 0 Å². The zero-order chi connectivity index (χ0) is 16.3. The fraction of sp³-hybridized carbons (Fsp3) is 0.133. The topological polar surface area (TPSA) is 114 Å². The van der Waals surface area contributed by atoms with Crippen LogP contribution in [0.2, 0.25) is 0 Å². The van der Waals surface area contributed by atoms with Gasteiger partial charge in [-0.15, -0.1) is 0 Å². The van der Waals surface area contributed by atoms with Gasteiger partial charge >= 0.3 is 0 Å². The minimum atomic E-state index is -0.578. The summed E-state index contributed by atoms with van der Waals surface area (Å²) in [6.45, 7) is 3.38. The third kappa shape index (κ3) is 3.32. The number of aryl methyl sites for hydroxylation is 2. The zero-order valence-electron chi connectivity index (χ0n) is 12.1. The molecule has 0 saturated carbocycles. The van der Waals surface area contributed by atoms with Crippen LogP contribution < -0.4 is 16.6 Å². The van der Waals surface area contributed by atoms with E-state index in [1.165, 1.54) is 24.3 Å². The molecule has 22 heavy (non-hydrogen) atoms. The SMILES string of the molecule is Cc1cc(C(=O)NNC(=O)c2ccc(C(N)=O)cc2)c(C)o1. The van der Waals surface area contributed by atoms with Crippen LogP contribution in [0, 0.1) is 13.8 Å². The first-order chi connectivity index (χ1) is 10.4. The Hall–Kier alpha value is -3.09. The van der Waals surface area contributed by atoms with Crippen molar-refractivity contribution in [2.45, 2.75) is 13.8 Å². The lowest BCUT2D eigenvalue weighted by atomic mass is 10.1. The van der Waals surface area contributed by atoms with Crippen molar-refractivity contribution < 1.29 is 18.8 Å². The van der Waals surface area contributed by atoms with Crippen molar-refractivity contribution in [3.05, 3.63) is 58.5 Å². The van der Waals surface area contributed by atoms with Crippen LogP contribution in [0.5, 0.6) is 0 Å². The van der Waals surface area contributed by atoms with E-state index < -0.39 is 17.7 Å². The highest BCUT2D eigenvalue weighted by Gasteiger charge is 2.14. The van der Waals surface area contributed by atoms with Crippen molar-refractivity contribution in [2.24, 2.45) is 5.73 Å². The summed E-state index contributed by atoms with van der Waals surface area (Å²) in [5.41, 5.74) is 10.6. The van der Waals surface area contributed by atoms with Gasteiger partial charge in [0.05, 0.1) is 5.56 Å². The summed E-state index contributed by atoms with van der Waals surface area (Å²) >= 11 is 0. The summed E-state index contributed by atoms with van der Waals surface area (Å²) in [5, 5.41) is 0. The van der Waals surface area contributed by atoms with Gasteiger partial charge in [0.1, 0.15) is 11.5 Å². The van der Waals surface area contributed by atoms with Gasteiger partial charge in [0.15, 0.2) is 0 Å². The standard InChI is InChI=1S/C15H15N3O4/c1-8-7-12(9(2)22-8)15(21)18-17-14(20)11-5-3-10(4-6-11)13(16)19/h3-7H,1-2H3,(H2,16,19)(H,17,20)(H,18,21). The molecular formula is C15H15N3O4. The molecule has 7 nitrogen and oxygen atoms in total. The van der Waals surface area contributed by atoms with Crippen LogP contribution in [-0.4, -0.2) is 17.7 Å². The van der Waals surface area contributed by atoms with Crippen LogP contribution in [0.1, 0.15) is 42.6 Å². The van der Waals surface area contributed by atoms with Gasteiger partial charge in [-0.1, -0.05) is 0 Å². The fourth-order valence-corrected chi connectivity index (χ4v) is 1.90. The Morgan fingerprint density at radius 2 is 1.50 bits per heavy atom. The molecule has 114 valence electrons. The molecule has 0 aliphatic heterocycles. The molecule has 0 atom stereocenters. The van der Waals surface area contributed by atoms with Gasteiger partial charge in [0, 0.05) is 11.1 Å². The van der Waals surface area contributed by atoms with Gasteiger partial charge in [-0.2, -0.15) is 0 Å². The van der Waals surface area contributed by atoms with E-state index in [9.17, 15) is 14.4 Å². The second-order valence-corrected chi connectivity index (χ2v) is 4.68. The number of hydrogen-bond donors (Lipinski definition) is 3. The van der Waals surface area contributed by atoms with E-state index in [1.54, 1.807) is 19.9 Å². The Morgan fingerprint density at radius 3 is 2.00 bits per heavy atom. The molecule has 3 amide bonds. The van der Waals surface area contributed by atoms with E-state index in [2.05, 4.69) is 10.9 Å². The summed E-state index contributed by atoms with van der Waals surface area (Å²) in [4.78, 5) is 34.7. The summed E-state index contributed by atoms with van der Waals surface area (Å²) in [7, 11) is 0. The molecule has 1 heterocycles. The summed E-state index contributed by atoms with van der Waals surface area (Å²) in [5.74, 6) is -0.490. The average Bonchev–Trinajstić information content (AvgIpc) is 2.83. The second-order valence-electron chi connectivity index (χ2n) is 4.68. The van der Waals surface area contributed by atoms with Crippen molar-refractivity contribution >= 4 is 17.7 Å². The Kier molecular flexibility index (Phi) is 4.26. The number of furan rings is 1. The number of carbonyl (C=O) groups excluding carboxylic acids is 3. The molecule has 0 aliphatic rings. The number of primary amides is 1. The first-order valence-electron chi connectivity index (χ1n) is 6.46. The van der Waals surface area contributed by atoms with Crippen LogP contribution in [0.25, 0.3) is 0 Å². The Labute approximate surface area is 126 Å². The molecule has 1 aromatic heterocycles. The number of nitrogens with two attached hydrogens (primary N) is 1. The Morgan fingerprint density at radius 1 is 0.955 bits per heavy atom. The molecule has 4 N–H and O–H groups in total. The molecule has 0 unspecified atom stereocenters. The molecule has 0 fully saturated rings. The molecule has 2 aromatic rings. The summed E-state index contributed by atoms with van der Waals surface area (Å²) < 4.78 is 5.25. The highest BCUT2D eigenvalue weighted by molar-refractivity contribution is 6.00. The Bertz CT molecular complexity index is 732. The number of hydrazine groups is 1. The lowest BCUT2D eigenvalue weighted by molar-refractivity contribution is 0.0845. The van der Waals surface area contributed by atoms with Gasteiger partial charge in [0.25, 0.3) is 11.8 Å². The monoisotopic (exact) mass is 301 g/mol. The van der Waals surface area contributed by atoms with Gasteiger partial charge < -0.3 is 10.2 Å². The van der Waals surface area contributed by atoms with E-state index >= 15 is 0 Å². The first-order valence-corrected chi connectivity index (χ1v) is 6.46. The van der Waals surface area contributed by atoms with Crippen molar-refractivity contribution in [3.8, 4) is 0 Å². The molecule has 1 aromatic carbocycles.